The smallest absolute Gasteiger partial charge is 0.213 e. The quantitative estimate of drug-likeness (QED) is 0.907. The lowest BCUT2D eigenvalue weighted by atomic mass is 10.1. The van der Waals surface area contributed by atoms with Crippen LogP contribution in [0.2, 0.25) is 0 Å². The fraction of sp³-hybridized carbons (Fsp3) is 0.312. The van der Waals surface area contributed by atoms with E-state index in [2.05, 4.69) is 28.5 Å². The number of rotatable bonds is 5. The number of pyridine rings is 1. The third-order valence-corrected chi connectivity index (χ3v) is 3.44. The molecule has 104 valence electrons. The van der Waals surface area contributed by atoms with E-state index in [0.717, 1.165) is 37.4 Å². The Hall–Kier alpha value is -2.23. The maximum Gasteiger partial charge on any atom is 0.213 e. The van der Waals surface area contributed by atoms with Gasteiger partial charge in [0.05, 0.1) is 25.6 Å². The summed E-state index contributed by atoms with van der Waals surface area (Å²) < 4.78 is 10.5. The zero-order valence-corrected chi connectivity index (χ0v) is 11.6. The van der Waals surface area contributed by atoms with E-state index in [4.69, 9.17) is 9.47 Å². The lowest BCUT2D eigenvalue weighted by Crippen LogP contribution is -2.05. The van der Waals surface area contributed by atoms with E-state index in [1.165, 1.54) is 11.1 Å². The summed E-state index contributed by atoms with van der Waals surface area (Å²) in [6.07, 6.45) is 3.80. The van der Waals surface area contributed by atoms with Gasteiger partial charge in [0.1, 0.15) is 5.75 Å². The van der Waals surface area contributed by atoms with E-state index in [0.29, 0.717) is 5.88 Å². The highest BCUT2D eigenvalue weighted by atomic mass is 16.5. The first kappa shape index (κ1) is 12.8. The van der Waals surface area contributed by atoms with E-state index in [-0.39, 0.29) is 0 Å². The molecule has 1 aromatic heterocycles. The summed E-state index contributed by atoms with van der Waals surface area (Å²) in [6.45, 7) is 1.70. The first-order chi connectivity index (χ1) is 9.85. The molecule has 1 N–H and O–H groups in total. The summed E-state index contributed by atoms with van der Waals surface area (Å²) >= 11 is 0. The number of methoxy groups -OCH3 is 1. The van der Waals surface area contributed by atoms with Crippen molar-refractivity contribution in [3.8, 4) is 11.6 Å². The lowest BCUT2D eigenvalue weighted by molar-refractivity contribution is 0.357. The highest BCUT2D eigenvalue weighted by molar-refractivity contribution is 5.43. The molecule has 0 amide bonds. The van der Waals surface area contributed by atoms with Crippen molar-refractivity contribution in [2.45, 2.75) is 12.8 Å². The van der Waals surface area contributed by atoms with Crippen molar-refractivity contribution in [3.63, 3.8) is 0 Å². The molecule has 1 aromatic carbocycles. The molecule has 4 heteroatoms. The fourth-order valence-electron chi connectivity index (χ4n) is 2.35. The monoisotopic (exact) mass is 270 g/mol. The maximum atomic E-state index is 5.51. The molecule has 0 saturated heterocycles. The van der Waals surface area contributed by atoms with Crippen LogP contribution in [0.1, 0.15) is 11.1 Å². The predicted molar refractivity (Wildman–Crippen MR) is 78.6 cm³/mol. The van der Waals surface area contributed by atoms with Gasteiger partial charge < -0.3 is 14.8 Å². The zero-order valence-electron chi connectivity index (χ0n) is 11.6. The number of nitrogens with zero attached hydrogens (tertiary/aromatic N) is 1. The highest BCUT2D eigenvalue weighted by Gasteiger charge is 2.11. The standard InChI is InChI=1S/C16H18N2O2/c1-19-16-5-3-14(11-18-16)17-8-6-12-2-4-15-13(10-12)7-9-20-15/h2-5,10-11,17H,6-9H2,1H3. The number of fused-ring (bicyclic) bond motifs is 1. The molecule has 4 nitrogen and oxygen atoms in total. The van der Waals surface area contributed by atoms with Gasteiger partial charge in [-0.15, -0.1) is 0 Å². The maximum absolute atomic E-state index is 5.51. The average Bonchev–Trinajstić information content (AvgIpc) is 2.95. The van der Waals surface area contributed by atoms with Crippen LogP contribution in [0.3, 0.4) is 0 Å². The Morgan fingerprint density at radius 3 is 3.05 bits per heavy atom. The van der Waals surface area contributed by atoms with E-state index in [9.17, 15) is 0 Å². The van der Waals surface area contributed by atoms with Crippen LogP contribution < -0.4 is 14.8 Å². The Bertz CT molecular complexity index is 582. The van der Waals surface area contributed by atoms with Gasteiger partial charge in [-0.3, -0.25) is 0 Å². The minimum atomic E-state index is 0.633. The van der Waals surface area contributed by atoms with Gasteiger partial charge in [-0.05, 0) is 29.7 Å². The van der Waals surface area contributed by atoms with E-state index in [1.54, 1.807) is 13.3 Å². The van der Waals surface area contributed by atoms with E-state index in [1.807, 2.05) is 12.1 Å². The number of aromatic nitrogens is 1. The van der Waals surface area contributed by atoms with Crippen molar-refractivity contribution in [1.29, 1.82) is 0 Å². The highest BCUT2D eigenvalue weighted by Crippen LogP contribution is 2.26. The van der Waals surface area contributed by atoms with Crippen LogP contribution in [0.4, 0.5) is 5.69 Å². The van der Waals surface area contributed by atoms with Gasteiger partial charge in [-0.1, -0.05) is 12.1 Å². The molecule has 0 atom stereocenters. The molecule has 0 fully saturated rings. The first-order valence-electron chi connectivity index (χ1n) is 6.84. The number of nitrogens with one attached hydrogen (secondary N) is 1. The summed E-state index contributed by atoms with van der Waals surface area (Å²) in [5.74, 6) is 1.68. The summed E-state index contributed by atoms with van der Waals surface area (Å²) in [6, 6.07) is 10.3. The van der Waals surface area contributed by atoms with Crippen molar-refractivity contribution in [2.75, 3.05) is 25.6 Å². The second-order valence-corrected chi connectivity index (χ2v) is 4.81. The second kappa shape index (κ2) is 5.82. The molecule has 0 unspecified atom stereocenters. The fourth-order valence-corrected chi connectivity index (χ4v) is 2.35. The van der Waals surface area contributed by atoms with E-state index < -0.39 is 0 Å². The molecule has 0 saturated carbocycles. The molecule has 0 radical (unpaired) electrons. The number of benzene rings is 1. The van der Waals surface area contributed by atoms with Gasteiger partial charge in [0, 0.05) is 19.0 Å². The van der Waals surface area contributed by atoms with E-state index >= 15 is 0 Å². The number of ether oxygens (including phenoxy) is 2. The van der Waals surface area contributed by atoms with Gasteiger partial charge in [0.25, 0.3) is 0 Å². The Balaban J connectivity index is 1.54. The van der Waals surface area contributed by atoms with Crippen LogP contribution in [-0.4, -0.2) is 25.2 Å². The third-order valence-electron chi connectivity index (χ3n) is 3.44. The second-order valence-electron chi connectivity index (χ2n) is 4.81. The number of anilines is 1. The van der Waals surface area contributed by atoms with Gasteiger partial charge in [-0.2, -0.15) is 0 Å². The van der Waals surface area contributed by atoms with Crippen molar-refractivity contribution >= 4 is 5.69 Å². The SMILES string of the molecule is COc1ccc(NCCc2ccc3c(c2)CCO3)cn1. The van der Waals surface area contributed by atoms with Crippen LogP contribution in [0, 0.1) is 0 Å². The van der Waals surface area contributed by atoms with Crippen LogP contribution in [0.15, 0.2) is 36.5 Å². The van der Waals surface area contributed by atoms with Crippen LogP contribution in [0.5, 0.6) is 11.6 Å². The van der Waals surface area contributed by atoms with Crippen LogP contribution in [-0.2, 0) is 12.8 Å². The first-order valence-corrected chi connectivity index (χ1v) is 6.84. The summed E-state index contributed by atoms with van der Waals surface area (Å²) in [7, 11) is 1.62. The minimum Gasteiger partial charge on any atom is -0.493 e. The van der Waals surface area contributed by atoms with Gasteiger partial charge in [-0.25, -0.2) is 4.98 Å². The van der Waals surface area contributed by atoms with Crippen molar-refractivity contribution in [2.24, 2.45) is 0 Å². The molecule has 0 spiro atoms. The number of hydrogen-bond acceptors (Lipinski definition) is 4. The van der Waals surface area contributed by atoms with Crippen molar-refractivity contribution in [3.05, 3.63) is 47.7 Å². The normalized spacial score (nSPS) is 12.7. The average molecular weight is 270 g/mol. The van der Waals surface area contributed by atoms with Gasteiger partial charge in [0.2, 0.25) is 5.88 Å². The summed E-state index contributed by atoms with van der Waals surface area (Å²) in [5.41, 5.74) is 3.67. The minimum absolute atomic E-state index is 0.633. The molecule has 2 aromatic rings. The molecule has 20 heavy (non-hydrogen) atoms. The third kappa shape index (κ3) is 2.85. The van der Waals surface area contributed by atoms with Crippen molar-refractivity contribution < 1.29 is 9.47 Å². The Labute approximate surface area is 118 Å². The Morgan fingerprint density at radius 1 is 1.30 bits per heavy atom. The molecule has 0 aliphatic carbocycles. The van der Waals surface area contributed by atoms with Crippen molar-refractivity contribution in [1.82, 2.24) is 4.98 Å². The van der Waals surface area contributed by atoms with Gasteiger partial charge in [0.15, 0.2) is 0 Å². The Morgan fingerprint density at radius 2 is 2.25 bits per heavy atom. The summed E-state index contributed by atoms with van der Waals surface area (Å²) in [5, 5.41) is 3.36. The summed E-state index contributed by atoms with van der Waals surface area (Å²) in [4.78, 5) is 4.17. The molecule has 1 aliphatic heterocycles. The molecular weight excluding hydrogens is 252 g/mol. The predicted octanol–water partition coefficient (Wildman–Crippen LogP) is 2.68. The number of hydrogen-bond donors (Lipinski definition) is 1. The van der Waals surface area contributed by atoms with Gasteiger partial charge >= 0.3 is 0 Å². The molecular formula is C16H18N2O2. The molecule has 0 bridgehead atoms. The molecule has 3 rings (SSSR count). The molecule has 1 aliphatic rings. The lowest BCUT2D eigenvalue weighted by Gasteiger charge is -2.08. The van der Waals surface area contributed by atoms with Crippen LogP contribution >= 0.6 is 0 Å². The Kier molecular flexibility index (Phi) is 3.72. The zero-order chi connectivity index (χ0) is 13.8. The topological polar surface area (TPSA) is 43.4 Å². The largest absolute Gasteiger partial charge is 0.493 e. The van der Waals surface area contributed by atoms with Crippen LogP contribution in [0.25, 0.3) is 0 Å². The molecule has 2 heterocycles.